The molecule has 1 N–H and O–H groups in total. The molecule has 4 rings (SSSR count). The summed E-state index contributed by atoms with van der Waals surface area (Å²) in [4.78, 5) is 12.0. The summed E-state index contributed by atoms with van der Waals surface area (Å²) < 4.78 is 1.73. The lowest BCUT2D eigenvalue weighted by Gasteiger charge is -2.03. The van der Waals surface area contributed by atoms with Crippen LogP contribution in [0, 0.1) is 0 Å². The van der Waals surface area contributed by atoms with Crippen LogP contribution in [0.15, 0.2) is 71.8 Å². The molecule has 6 nitrogen and oxygen atoms in total. The van der Waals surface area contributed by atoms with Crippen molar-refractivity contribution in [2.75, 3.05) is 0 Å². The number of aromatic nitrogens is 3. The van der Waals surface area contributed by atoms with Gasteiger partial charge in [0.2, 0.25) is 5.91 Å². The van der Waals surface area contributed by atoms with E-state index in [9.17, 15) is 4.79 Å². The molecule has 26 heavy (non-hydrogen) atoms. The maximum absolute atomic E-state index is 12.0. The number of nitrogens with one attached hydrogen (secondary N) is 1. The zero-order chi connectivity index (χ0) is 17.8. The number of hydrogen-bond acceptors (Lipinski definition) is 4. The number of hydrazone groups is 1. The van der Waals surface area contributed by atoms with E-state index in [-0.39, 0.29) is 12.3 Å². The third kappa shape index (κ3) is 3.30. The molecular formula is C20H17N5O. The summed E-state index contributed by atoms with van der Waals surface area (Å²) in [6.45, 7) is 0.454. The minimum atomic E-state index is -0.166. The van der Waals surface area contributed by atoms with E-state index in [1.165, 1.54) is 0 Å². The lowest BCUT2D eigenvalue weighted by atomic mass is 10.1. The summed E-state index contributed by atoms with van der Waals surface area (Å²) >= 11 is 0. The predicted molar refractivity (Wildman–Crippen MR) is 102 cm³/mol. The maximum Gasteiger partial charge on any atom is 0.241 e. The highest BCUT2D eigenvalue weighted by molar-refractivity contribution is 5.99. The van der Waals surface area contributed by atoms with Gasteiger partial charge in [0, 0.05) is 12.0 Å². The number of rotatable bonds is 5. The number of carbonyl (C=O) groups is 1. The molecule has 4 aromatic rings. The second kappa shape index (κ2) is 7.14. The Morgan fingerprint density at radius 1 is 1.04 bits per heavy atom. The maximum atomic E-state index is 12.0. The summed E-state index contributed by atoms with van der Waals surface area (Å²) in [7, 11) is 0. The third-order valence-electron chi connectivity index (χ3n) is 4.19. The van der Waals surface area contributed by atoms with Gasteiger partial charge >= 0.3 is 0 Å². The molecule has 0 radical (unpaired) electrons. The van der Waals surface area contributed by atoms with Gasteiger partial charge in [0.25, 0.3) is 0 Å². The van der Waals surface area contributed by atoms with Crippen LogP contribution in [0.5, 0.6) is 0 Å². The fraction of sp³-hybridized carbons (Fsp3) is 0.100. The lowest BCUT2D eigenvalue weighted by molar-refractivity contribution is -0.121. The lowest BCUT2D eigenvalue weighted by Crippen LogP contribution is -2.19. The molecule has 0 bridgehead atoms. The van der Waals surface area contributed by atoms with Crippen LogP contribution in [0.4, 0.5) is 0 Å². The van der Waals surface area contributed by atoms with Crippen molar-refractivity contribution in [1.82, 2.24) is 20.4 Å². The molecule has 0 unspecified atom stereocenters. The average Bonchev–Trinajstić information content (AvgIpc) is 3.10. The topological polar surface area (TPSA) is 72.2 Å². The Balaban J connectivity index is 1.38. The van der Waals surface area contributed by atoms with Crippen molar-refractivity contribution in [2.45, 2.75) is 13.0 Å². The standard InChI is InChI=1S/C20H17N5O/c26-20(12-13-25-19-11-4-3-10-18(19)22-24-25)23-21-14-16-8-5-7-15-6-1-2-9-17(15)16/h1-11,14H,12-13H2,(H,23,26). The molecule has 3 aromatic carbocycles. The van der Waals surface area contributed by atoms with Crippen molar-refractivity contribution in [3.8, 4) is 0 Å². The van der Waals surface area contributed by atoms with Crippen molar-refractivity contribution in [2.24, 2.45) is 5.10 Å². The molecule has 0 saturated carbocycles. The highest BCUT2D eigenvalue weighted by atomic mass is 16.2. The van der Waals surface area contributed by atoms with Crippen LogP contribution in [-0.2, 0) is 11.3 Å². The van der Waals surface area contributed by atoms with Gasteiger partial charge in [0.05, 0.1) is 18.3 Å². The van der Waals surface area contributed by atoms with Gasteiger partial charge in [-0.3, -0.25) is 4.79 Å². The number of benzene rings is 3. The highest BCUT2D eigenvalue weighted by Gasteiger charge is 2.06. The summed E-state index contributed by atoms with van der Waals surface area (Å²) in [6, 6.07) is 21.7. The fourth-order valence-corrected chi connectivity index (χ4v) is 2.88. The molecule has 0 fully saturated rings. The number of amides is 1. The second-order valence-electron chi connectivity index (χ2n) is 5.91. The Morgan fingerprint density at radius 2 is 1.85 bits per heavy atom. The first-order valence-corrected chi connectivity index (χ1v) is 8.39. The molecule has 0 aliphatic rings. The number of fused-ring (bicyclic) bond motifs is 2. The Kier molecular flexibility index (Phi) is 4.38. The zero-order valence-corrected chi connectivity index (χ0v) is 14.0. The van der Waals surface area contributed by atoms with Crippen LogP contribution < -0.4 is 5.43 Å². The second-order valence-corrected chi connectivity index (χ2v) is 5.91. The molecule has 0 aliphatic heterocycles. The molecule has 128 valence electrons. The first kappa shape index (κ1) is 16.0. The average molecular weight is 343 g/mol. The molecule has 0 aliphatic carbocycles. The van der Waals surface area contributed by atoms with Gasteiger partial charge in [0.15, 0.2) is 0 Å². The number of carbonyl (C=O) groups excluding carboxylic acids is 1. The van der Waals surface area contributed by atoms with E-state index in [1.807, 2.05) is 66.7 Å². The molecule has 1 amide bonds. The van der Waals surface area contributed by atoms with Crippen LogP contribution in [0.2, 0.25) is 0 Å². The first-order valence-electron chi connectivity index (χ1n) is 8.39. The SMILES string of the molecule is O=C(CCn1nnc2ccccc21)NN=Cc1cccc2ccccc12. The molecule has 6 heteroatoms. The van der Waals surface area contributed by atoms with Crippen molar-refractivity contribution in [1.29, 1.82) is 0 Å². The van der Waals surface area contributed by atoms with Gasteiger partial charge in [-0.05, 0) is 22.9 Å². The number of nitrogens with zero attached hydrogens (tertiary/aromatic N) is 4. The van der Waals surface area contributed by atoms with E-state index in [2.05, 4.69) is 20.8 Å². The van der Waals surface area contributed by atoms with Crippen LogP contribution in [-0.4, -0.2) is 27.1 Å². The van der Waals surface area contributed by atoms with E-state index < -0.39 is 0 Å². The van der Waals surface area contributed by atoms with E-state index in [1.54, 1.807) is 10.9 Å². The summed E-state index contributed by atoms with van der Waals surface area (Å²) in [6.07, 6.45) is 1.95. The van der Waals surface area contributed by atoms with Crippen LogP contribution in [0.25, 0.3) is 21.8 Å². The normalized spacial score (nSPS) is 11.4. The van der Waals surface area contributed by atoms with Gasteiger partial charge < -0.3 is 0 Å². The smallest absolute Gasteiger partial charge is 0.241 e. The summed E-state index contributed by atoms with van der Waals surface area (Å²) in [5, 5.41) is 14.5. The Hall–Kier alpha value is -3.54. The van der Waals surface area contributed by atoms with Crippen LogP contribution in [0.1, 0.15) is 12.0 Å². The highest BCUT2D eigenvalue weighted by Crippen LogP contribution is 2.16. The number of para-hydroxylation sites is 1. The minimum absolute atomic E-state index is 0.166. The number of hydrogen-bond donors (Lipinski definition) is 1. The van der Waals surface area contributed by atoms with Crippen molar-refractivity contribution in [3.63, 3.8) is 0 Å². The van der Waals surface area contributed by atoms with Crippen molar-refractivity contribution in [3.05, 3.63) is 72.3 Å². The number of aryl methyl sites for hydroxylation is 1. The van der Waals surface area contributed by atoms with Crippen molar-refractivity contribution < 1.29 is 4.79 Å². The van der Waals surface area contributed by atoms with Gasteiger partial charge in [-0.1, -0.05) is 59.8 Å². The molecule has 0 spiro atoms. The molecule has 1 aromatic heterocycles. The van der Waals surface area contributed by atoms with Gasteiger partial charge in [0.1, 0.15) is 5.52 Å². The van der Waals surface area contributed by atoms with Gasteiger partial charge in [-0.2, -0.15) is 5.10 Å². The van der Waals surface area contributed by atoms with E-state index in [4.69, 9.17) is 0 Å². The van der Waals surface area contributed by atoms with Crippen molar-refractivity contribution >= 4 is 33.9 Å². The van der Waals surface area contributed by atoms with Crippen LogP contribution >= 0.6 is 0 Å². The monoisotopic (exact) mass is 343 g/mol. The quantitative estimate of drug-likeness (QED) is 0.447. The third-order valence-corrected chi connectivity index (χ3v) is 4.19. The Morgan fingerprint density at radius 3 is 2.81 bits per heavy atom. The predicted octanol–water partition coefficient (Wildman–Crippen LogP) is 3.12. The van der Waals surface area contributed by atoms with Gasteiger partial charge in [-0.25, -0.2) is 10.1 Å². The van der Waals surface area contributed by atoms with E-state index >= 15 is 0 Å². The largest absolute Gasteiger partial charge is 0.273 e. The summed E-state index contributed by atoms with van der Waals surface area (Å²) in [5.41, 5.74) is 5.28. The van der Waals surface area contributed by atoms with Crippen LogP contribution in [0.3, 0.4) is 0 Å². The minimum Gasteiger partial charge on any atom is -0.273 e. The Bertz CT molecular complexity index is 1090. The molecular weight excluding hydrogens is 326 g/mol. The Labute approximate surface area is 150 Å². The fourth-order valence-electron chi connectivity index (χ4n) is 2.88. The van der Waals surface area contributed by atoms with E-state index in [0.717, 1.165) is 27.4 Å². The molecule has 1 heterocycles. The van der Waals surface area contributed by atoms with E-state index in [0.29, 0.717) is 6.54 Å². The zero-order valence-electron chi connectivity index (χ0n) is 14.0. The molecule has 0 saturated heterocycles. The van der Waals surface area contributed by atoms with Gasteiger partial charge in [-0.15, -0.1) is 5.10 Å². The molecule has 0 atom stereocenters. The first-order chi connectivity index (χ1) is 12.8. The summed E-state index contributed by atoms with van der Waals surface area (Å²) in [5.74, 6) is -0.166.